The Bertz CT molecular complexity index is 1060. The molecule has 1 atom stereocenters. The SMILES string of the molecule is O=C1CCc2cc(OCCCS(=O)c3nccn3-c3ccccc3O)ccc2N1. The number of anilines is 1. The van der Waals surface area contributed by atoms with Gasteiger partial charge in [0, 0.05) is 30.3 Å². The van der Waals surface area contributed by atoms with E-state index < -0.39 is 10.8 Å². The number of fused-ring (bicyclic) bond motifs is 1. The highest BCUT2D eigenvalue weighted by Gasteiger charge is 2.16. The van der Waals surface area contributed by atoms with Crippen molar-refractivity contribution in [2.45, 2.75) is 24.4 Å². The molecule has 2 aromatic carbocycles. The maximum absolute atomic E-state index is 12.7. The van der Waals surface area contributed by atoms with Gasteiger partial charge in [-0.15, -0.1) is 0 Å². The predicted octanol–water partition coefficient (Wildman–Crippen LogP) is 3.04. The Labute approximate surface area is 170 Å². The summed E-state index contributed by atoms with van der Waals surface area (Å²) in [5, 5.41) is 13.3. The molecule has 4 rings (SSSR count). The number of rotatable bonds is 7. The fourth-order valence-electron chi connectivity index (χ4n) is 3.23. The van der Waals surface area contributed by atoms with E-state index in [-0.39, 0.29) is 11.7 Å². The van der Waals surface area contributed by atoms with E-state index in [9.17, 15) is 14.1 Å². The zero-order valence-corrected chi connectivity index (χ0v) is 16.5. The minimum absolute atomic E-state index is 0.0378. The average molecular weight is 411 g/mol. The van der Waals surface area contributed by atoms with Gasteiger partial charge in [0.15, 0.2) is 0 Å². The molecule has 1 aliphatic rings. The molecule has 150 valence electrons. The van der Waals surface area contributed by atoms with Crippen LogP contribution in [-0.4, -0.2) is 37.1 Å². The number of benzene rings is 2. The summed E-state index contributed by atoms with van der Waals surface area (Å²) >= 11 is 0. The van der Waals surface area contributed by atoms with E-state index in [0.717, 1.165) is 17.0 Å². The molecule has 0 fully saturated rings. The van der Waals surface area contributed by atoms with Gasteiger partial charge in [-0.3, -0.25) is 13.6 Å². The molecule has 7 nitrogen and oxygen atoms in total. The standard InChI is InChI=1S/C21H21N3O4S/c25-19-5-2-1-4-18(19)24-11-10-22-21(24)29(27)13-3-12-28-16-7-8-17-15(14-16)6-9-20(26)23-17/h1-2,4-5,7-8,10-11,14,25H,3,6,9,12-13H2,(H,23,26). The molecule has 1 amide bonds. The number of para-hydroxylation sites is 2. The summed E-state index contributed by atoms with van der Waals surface area (Å²) in [7, 11) is -1.32. The predicted molar refractivity (Wildman–Crippen MR) is 110 cm³/mol. The molecule has 0 spiro atoms. The van der Waals surface area contributed by atoms with Gasteiger partial charge in [0.25, 0.3) is 0 Å². The topological polar surface area (TPSA) is 93.5 Å². The van der Waals surface area contributed by atoms with E-state index in [4.69, 9.17) is 4.74 Å². The number of aryl methyl sites for hydroxylation is 1. The number of amides is 1. The van der Waals surface area contributed by atoms with Crippen LogP contribution in [0, 0.1) is 0 Å². The normalized spacial score (nSPS) is 14.1. The van der Waals surface area contributed by atoms with Crippen LogP contribution < -0.4 is 10.1 Å². The lowest BCUT2D eigenvalue weighted by atomic mass is 10.0. The van der Waals surface area contributed by atoms with Gasteiger partial charge in [0.1, 0.15) is 11.5 Å². The third-order valence-corrected chi connectivity index (χ3v) is 6.04. The molecular formula is C21H21N3O4S. The van der Waals surface area contributed by atoms with Crippen molar-refractivity contribution < 1.29 is 18.8 Å². The second kappa shape index (κ2) is 8.48. The van der Waals surface area contributed by atoms with Gasteiger partial charge in [-0.1, -0.05) is 12.1 Å². The van der Waals surface area contributed by atoms with Crippen molar-refractivity contribution in [2.24, 2.45) is 0 Å². The number of nitrogens with zero attached hydrogens (tertiary/aromatic N) is 2. The van der Waals surface area contributed by atoms with Crippen LogP contribution in [0.1, 0.15) is 18.4 Å². The Morgan fingerprint density at radius 1 is 1.21 bits per heavy atom. The highest BCUT2D eigenvalue weighted by atomic mass is 32.2. The number of aromatic nitrogens is 2. The maximum atomic E-state index is 12.7. The minimum Gasteiger partial charge on any atom is -0.506 e. The van der Waals surface area contributed by atoms with Crippen LogP contribution in [0.15, 0.2) is 60.0 Å². The second-order valence-electron chi connectivity index (χ2n) is 6.69. The second-order valence-corrected chi connectivity index (χ2v) is 8.15. The Morgan fingerprint density at radius 3 is 2.93 bits per heavy atom. The molecule has 1 aromatic heterocycles. The number of carbonyl (C=O) groups excluding carboxylic acids is 1. The Kier molecular flexibility index (Phi) is 5.62. The minimum atomic E-state index is -1.32. The van der Waals surface area contributed by atoms with Crippen LogP contribution in [0.4, 0.5) is 5.69 Å². The van der Waals surface area contributed by atoms with Gasteiger partial charge in [-0.25, -0.2) is 4.98 Å². The molecular weight excluding hydrogens is 390 g/mol. The lowest BCUT2D eigenvalue weighted by Gasteiger charge is -2.17. The van der Waals surface area contributed by atoms with Gasteiger partial charge < -0.3 is 15.2 Å². The van der Waals surface area contributed by atoms with Crippen molar-refractivity contribution in [3.8, 4) is 17.2 Å². The number of ether oxygens (including phenoxy) is 1. The third-order valence-electron chi connectivity index (χ3n) is 4.67. The van der Waals surface area contributed by atoms with E-state index >= 15 is 0 Å². The molecule has 1 unspecified atom stereocenters. The van der Waals surface area contributed by atoms with Crippen molar-refractivity contribution in [1.82, 2.24) is 9.55 Å². The van der Waals surface area contributed by atoms with Crippen LogP contribution in [0.3, 0.4) is 0 Å². The van der Waals surface area contributed by atoms with Gasteiger partial charge in [-0.2, -0.15) is 0 Å². The first-order valence-corrected chi connectivity index (χ1v) is 10.7. The molecule has 2 N–H and O–H groups in total. The molecule has 29 heavy (non-hydrogen) atoms. The molecule has 0 saturated carbocycles. The van der Waals surface area contributed by atoms with Crippen molar-refractivity contribution in [3.63, 3.8) is 0 Å². The molecule has 0 aliphatic carbocycles. The van der Waals surface area contributed by atoms with Gasteiger partial charge in [0.2, 0.25) is 11.1 Å². The summed E-state index contributed by atoms with van der Waals surface area (Å²) in [4.78, 5) is 15.6. The highest BCUT2D eigenvalue weighted by molar-refractivity contribution is 7.84. The number of phenols is 1. The molecule has 0 bridgehead atoms. The van der Waals surface area contributed by atoms with E-state index in [1.165, 1.54) is 0 Å². The first-order valence-electron chi connectivity index (χ1n) is 9.37. The number of carbonyl (C=O) groups is 1. The fourth-order valence-corrected chi connectivity index (χ4v) is 4.35. The molecule has 0 radical (unpaired) electrons. The third kappa shape index (κ3) is 4.32. The van der Waals surface area contributed by atoms with E-state index in [1.54, 1.807) is 41.2 Å². The molecule has 2 heterocycles. The smallest absolute Gasteiger partial charge is 0.224 e. The average Bonchev–Trinajstić information content (AvgIpc) is 3.21. The van der Waals surface area contributed by atoms with Crippen LogP contribution >= 0.6 is 0 Å². The fraction of sp³-hybridized carbons (Fsp3) is 0.238. The number of hydrogen-bond acceptors (Lipinski definition) is 5. The first kappa shape index (κ1) is 19.2. The van der Waals surface area contributed by atoms with Crippen LogP contribution in [0.25, 0.3) is 5.69 Å². The summed E-state index contributed by atoms with van der Waals surface area (Å²) in [5.74, 6) is 1.28. The Balaban J connectivity index is 1.33. The van der Waals surface area contributed by atoms with Gasteiger partial charge in [-0.05, 0) is 48.7 Å². The lowest BCUT2D eigenvalue weighted by molar-refractivity contribution is -0.116. The van der Waals surface area contributed by atoms with Crippen molar-refractivity contribution in [2.75, 3.05) is 17.7 Å². The zero-order chi connectivity index (χ0) is 20.2. The van der Waals surface area contributed by atoms with Gasteiger partial charge >= 0.3 is 0 Å². The summed E-state index contributed by atoms with van der Waals surface area (Å²) in [6.07, 6.45) is 5.04. The van der Waals surface area contributed by atoms with Crippen molar-refractivity contribution in [1.29, 1.82) is 0 Å². The van der Waals surface area contributed by atoms with E-state index in [2.05, 4.69) is 10.3 Å². The van der Waals surface area contributed by atoms with Gasteiger partial charge in [0.05, 0.1) is 23.1 Å². The summed E-state index contributed by atoms with van der Waals surface area (Å²) in [6.45, 7) is 0.425. The molecule has 3 aromatic rings. The number of imidazole rings is 1. The van der Waals surface area contributed by atoms with E-state index in [1.807, 2.05) is 18.2 Å². The van der Waals surface area contributed by atoms with Crippen molar-refractivity contribution >= 4 is 22.4 Å². The molecule has 0 saturated heterocycles. The number of nitrogens with one attached hydrogen (secondary N) is 1. The highest BCUT2D eigenvalue weighted by Crippen LogP contribution is 2.27. The van der Waals surface area contributed by atoms with Crippen LogP contribution in [-0.2, 0) is 22.0 Å². The largest absolute Gasteiger partial charge is 0.506 e. The van der Waals surface area contributed by atoms with E-state index in [0.29, 0.717) is 42.5 Å². The Morgan fingerprint density at radius 2 is 2.07 bits per heavy atom. The van der Waals surface area contributed by atoms with Crippen molar-refractivity contribution in [3.05, 3.63) is 60.4 Å². The first-order chi connectivity index (χ1) is 14.1. The number of aromatic hydroxyl groups is 1. The monoisotopic (exact) mass is 411 g/mol. The summed E-state index contributed by atoms with van der Waals surface area (Å²) in [6, 6.07) is 12.5. The maximum Gasteiger partial charge on any atom is 0.224 e. The van der Waals surface area contributed by atoms with Crippen LogP contribution in [0.5, 0.6) is 11.5 Å². The lowest BCUT2D eigenvalue weighted by Crippen LogP contribution is -2.18. The summed E-state index contributed by atoms with van der Waals surface area (Å²) in [5.41, 5.74) is 2.45. The van der Waals surface area contributed by atoms with Crippen LogP contribution in [0.2, 0.25) is 0 Å². The molecule has 8 heteroatoms. The zero-order valence-electron chi connectivity index (χ0n) is 15.7. The number of phenolic OH excluding ortho intramolecular Hbond substituents is 1. The number of hydrogen-bond donors (Lipinski definition) is 2. The summed E-state index contributed by atoms with van der Waals surface area (Å²) < 4.78 is 20.1. The quantitative estimate of drug-likeness (QED) is 0.583. The Hall–Kier alpha value is -3.13. The molecule has 1 aliphatic heterocycles.